The van der Waals surface area contributed by atoms with Crippen LogP contribution < -0.4 is 0 Å². The fourth-order valence-corrected chi connectivity index (χ4v) is 4.22. The van der Waals surface area contributed by atoms with E-state index in [0.29, 0.717) is 42.6 Å². The Labute approximate surface area is 201 Å². The number of amides is 2. The van der Waals surface area contributed by atoms with Crippen LogP contribution in [0.1, 0.15) is 48.9 Å². The Morgan fingerprint density at radius 2 is 1.41 bits per heavy atom. The van der Waals surface area contributed by atoms with E-state index in [1.807, 2.05) is 43.0 Å². The zero-order chi connectivity index (χ0) is 24.5. The molecule has 172 valence electrons. The number of carbonyl (C=O) groups excluding carboxylic acids is 2. The maximum atomic E-state index is 13.0. The van der Waals surface area contributed by atoms with Crippen molar-refractivity contribution in [3.05, 3.63) is 82.9 Å². The number of carbonyl (C=O) groups is 2. The molecule has 1 heterocycles. The first-order valence-electron chi connectivity index (χ1n) is 11.4. The summed E-state index contributed by atoms with van der Waals surface area (Å²) in [5.74, 6) is -0.192. The van der Waals surface area contributed by atoms with Gasteiger partial charge in [0.05, 0.1) is 23.3 Å². The average Bonchev–Trinajstić information content (AvgIpc) is 2.86. The normalized spacial score (nSPS) is 14.3. The van der Waals surface area contributed by atoms with E-state index in [9.17, 15) is 20.1 Å². The van der Waals surface area contributed by atoms with Crippen molar-refractivity contribution in [3.8, 4) is 12.1 Å². The van der Waals surface area contributed by atoms with E-state index >= 15 is 0 Å². The monoisotopic (exact) mass is 452 g/mol. The SMILES string of the molecule is CC(C)N(C(=O)/C=C\c1ccccc1C#N)C1CCN(C(=O)/C=C/c2ccccc2C#N)CC1. The molecule has 2 aromatic carbocycles. The number of benzene rings is 2. The van der Waals surface area contributed by atoms with Gasteiger partial charge in [-0.3, -0.25) is 9.59 Å². The van der Waals surface area contributed by atoms with Crippen molar-refractivity contribution >= 4 is 24.0 Å². The van der Waals surface area contributed by atoms with E-state index in [-0.39, 0.29) is 23.9 Å². The number of hydrogen-bond acceptors (Lipinski definition) is 4. The fraction of sp³-hybridized carbons (Fsp3) is 0.286. The van der Waals surface area contributed by atoms with Crippen molar-refractivity contribution in [1.82, 2.24) is 9.80 Å². The first-order chi connectivity index (χ1) is 16.4. The van der Waals surface area contributed by atoms with Gasteiger partial charge in [-0.15, -0.1) is 0 Å². The Bertz CT molecular complexity index is 1180. The fourth-order valence-electron chi connectivity index (χ4n) is 4.22. The molecule has 0 aliphatic carbocycles. The quantitative estimate of drug-likeness (QED) is 0.608. The molecule has 34 heavy (non-hydrogen) atoms. The minimum absolute atomic E-state index is 0.0120. The van der Waals surface area contributed by atoms with Crippen LogP contribution in [0.4, 0.5) is 0 Å². The van der Waals surface area contributed by atoms with Crippen molar-refractivity contribution in [1.29, 1.82) is 10.5 Å². The smallest absolute Gasteiger partial charge is 0.247 e. The van der Waals surface area contributed by atoms with Gasteiger partial charge >= 0.3 is 0 Å². The van der Waals surface area contributed by atoms with Gasteiger partial charge in [0.1, 0.15) is 0 Å². The van der Waals surface area contributed by atoms with Gasteiger partial charge in [-0.1, -0.05) is 36.4 Å². The summed E-state index contributed by atoms with van der Waals surface area (Å²) in [6.45, 7) is 5.10. The number of hydrogen-bond donors (Lipinski definition) is 0. The molecule has 2 aromatic rings. The highest BCUT2D eigenvalue weighted by Crippen LogP contribution is 2.21. The molecule has 2 amide bonds. The van der Waals surface area contributed by atoms with Gasteiger partial charge in [0.25, 0.3) is 0 Å². The summed E-state index contributed by atoms with van der Waals surface area (Å²) in [4.78, 5) is 29.4. The summed E-state index contributed by atoms with van der Waals surface area (Å²) in [7, 11) is 0. The van der Waals surface area contributed by atoms with E-state index in [0.717, 1.165) is 5.56 Å². The van der Waals surface area contributed by atoms with Gasteiger partial charge in [0.15, 0.2) is 0 Å². The van der Waals surface area contributed by atoms with Crippen LogP contribution in [0.5, 0.6) is 0 Å². The maximum Gasteiger partial charge on any atom is 0.247 e. The second-order valence-electron chi connectivity index (χ2n) is 8.46. The second-order valence-corrected chi connectivity index (χ2v) is 8.46. The molecule has 1 saturated heterocycles. The molecule has 1 fully saturated rings. The van der Waals surface area contributed by atoms with Crippen LogP contribution in [0.2, 0.25) is 0 Å². The predicted octanol–water partition coefficient (Wildman–Crippen LogP) is 4.38. The third-order valence-corrected chi connectivity index (χ3v) is 5.95. The average molecular weight is 453 g/mol. The van der Waals surface area contributed by atoms with Gasteiger partial charge in [0.2, 0.25) is 11.8 Å². The van der Waals surface area contributed by atoms with Crippen LogP contribution >= 0.6 is 0 Å². The maximum absolute atomic E-state index is 13.0. The molecule has 0 N–H and O–H groups in total. The first-order valence-corrected chi connectivity index (χ1v) is 11.4. The van der Waals surface area contributed by atoms with E-state index < -0.39 is 0 Å². The molecule has 6 nitrogen and oxygen atoms in total. The van der Waals surface area contributed by atoms with E-state index in [2.05, 4.69) is 12.1 Å². The molecular weight excluding hydrogens is 424 g/mol. The van der Waals surface area contributed by atoms with Crippen LogP contribution in [0, 0.1) is 22.7 Å². The van der Waals surface area contributed by atoms with Crippen LogP contribution in [0.3, 0.4) is 0 Å². The molecule has 0 saturated carbocycles. The summed E-state index contributed by atoms with van der Waals surface area (Å²) >= 11 is 0. The molecule has 3 rings (SSSR count). The van der Waals surface area contributed by atoms with Gasteiger partial charge in [-0.2, -0.15) is 10.5 Å². The van der Waals surface area contributed by atoms with Crippen molar-refractivity contribution < 1.29 is 9.59 Å². The predicted molar refractivity (Wildman–Crippen MR) is 132 cm³/mol. The molecule has 1 aliphatic heterocycles. The highest BCUT2D eigenvalue weighted by molar-refractivity contribution is 5.93. The molecule has 6 heteroatoms. The second kappa shape index (κ2) is 11.6. The third kappa shape index (κ3) is 5.99. The van der Waals surface area contributed by atoms with Crippen LogP contribution in [-0.4, -0.2) is 46.8 Å². The minimum Gasteiger partial charge on any atom is -0.339 e. The van der Waals surface area contributed by atoms with Gasteiger partial charge in [-0.25, -0.2) is 0 Å². The minimum atomic E-state index is -0.0967. The Hall–Kier alpha value is -4.16. The Balaban J connectivity index is 1.62. The zero-order valence-electron chi connectivity index (χ0n) is 19.5. The Morgan fingerprint density at radius 3 is 1.91 bits per heavy atom. The molecule has 0 aromatic heterocycles. The van der Waals surface area contributed by atoms with Gasteiger partial charge < -0.3 is 9.80 Å². The van der Waals surface area contributed by atoms with Crippen molar-refractivity contribution in [2.75, 3.05) is 13.1 Å². The summed E-state index contributed by atoms with van der Waals surface area (Å²) in [6.07, 6.45) is 7.81. The topological polar surface area (TPSA) is 88.2 Å². The molecule has 0 spiro atoms. The zero-order valence-corrected chi connectivity index (χ0v) is 19.5. The standard InChI is InChI=1S/C28H28N4O2/c1-21(2)32(28(34)14-12-23-8-4-6-10-25(23)20-30)26-15-17-31(18-16-26)27(33)13-11-22-7-3-5-9-24(22)19-29/h3-14,21,26H,15-18H2,1-2H3/b13-11+,14-12-. The lowest BCUT2D eigenvalue weighted by Gasteiger charge is -2.40. The summed E-state index contributed by atoms with van der Waals surface area (Å²) < 4.78 is 0. The van der Waals surface area contributed by atoms with E-state index in [1.165, 1.54) is 12.2 Å². The highest BCUT2D eigenvalue weighted by atomic mass is 16.2. The Kier molecular flexibility index (Phi) is 8.37. The lowest BCUT2D eigenvalue weighted by molar-refractivity contribution is -0.132. The Morgan fingerprint density at radius 1 is 0.912 bits per heavy atom. The van der Waals surface area contributed by atoms with Crippen molar-refractivity contribution in [2.24, 2.45) is 0 Å². The van der Waals surface area contributed by atoms with Crippen molar-refractivity contribution in [2.45, 2.75) is 38.8 Å². The number of piperidine rings is 1. The first kappa shape index (κ1) is 24.5. The summed E-state index contributed by atoms with van der Waals surface area (Å²) in [6, 6.07) is 18.7. The van der Waals surface area contributed by atoms with E-state index in [4.69, 9.17) is 0 Å². The molecule has 0 bridgehead atoms. The largest absolute Gasteiger partial charge is 0.339 e. The molecule has 0 unspecified atom stereocenters. The summed E-state index contributed by atoms with van der Waals surface area (Å²) in [5.41, 5.74) is 2.49. The number of nitriles is 2. The molecule has 1 aliphatic rings. The van der Waals surface area contributed by atoms with E-state index in [1.54, 1.807) is 41.3 Å². The van der Waals surface area contributed by atoms with Gasteiger partial charge in [-0.05, 0) is 62.1 Å². The third-order valence-electron chi connectivity index (χ3n) is 5.95. The van der Waals surface area contributed by atoms with Crippen molar-refractivity contribution in [3.63, 3.8) is 0 Å². The van der Waals surface area contributed by atoms with Crippen LogP contribution in [-0.2, 0) is 9.59 Å². The van der Waals surface area contributed by atoms with Gasteiger partial charge in [0, 0.05) is 37.3 Å². The summed E-state index contributed by atoms with van der Waals surface area (Å²) in [5, 5.41) is 18.5. The lowest BCUT2D eigenvalue weighted by Crippen LogP contribution is -2.50. The molecule has 0 radical (unpaired) electrons. The highest BCUT2D eigenvalue weighted by Gasteiger charge is 2.29. The molecular formula is C28H28N4O2. The van der Waals surface area contributed by atoms with Crippen LogP contribution in [0.25, 0.3) is 12.2 Å². The number of likely N-dealkylation sites (tertiary alicyclic amines) is 1. The number of nitrogens with zero attached hydrogens (tertiary/aromatic N) is 4. The van der Waals surface area contributed by atoms with Crippen LogP contribution in [0.15, 0.2) is 60.7 Å². The number of rotatable bonds is 6. The molecule has 0 atom stereocenters. The lowest BCUT2D eigenvalue weighted by atomic mass is 10.0.